The van der Waals surface area contributed by atoms with Crippen LogP contribution in [0.2, 0.25) is 0 Å². The van der Waals surface area contributed by atoms with E-state index >= 15 is 0 Å². The second-order valence-corrected chi connectivity index (χ2v) is 8.96. The number of piperazine rings is 1. The average Bonchev–Trinajstić information content (AvgIpc) is 3.44. The van der Waals surface area contributed by atoms with Crippen LogP contribution < -0.4 is 9.47 Å². The number of hydrogen-bond donors (Lipinski definition) is 0. The number of amides is 1. The van der Waals surface area contributed by atoms with Gasteiger partial charge in [-0.2, -0.15) is 0 Å². The molecule has 1 fully saturated rings. The monoisotopic (exact) mass is 485 g/mol. The lowest BCUT2D eigenvalue weighted by molar-refractivity contribution is -0.144. The van der Waals surface area contributed by atoms with Crippen molar-refractivity contribution in [3.8, 4) is 11.5 Å². The van der Waals surface area contributed by atoms with E-state index in [2.05, 4.69) is 58.6 Å². The summed E-state index contributed by atoms with van der Waals surface area (Å²) in [5.41, 5.74) is 3.99. The Bertz CT molecular complexity index is 1170. The van der Waals surface area contributed by atoms with Crippen molar-refractivity contribution in [2.75, 3.05) is 40.4 Å². The van der Waals surface area contributed by atoms with E-state index in [4.69, 9.17) is 14.3 Å². The summed E-state index contributed by atoms with van der Waals surface area (Å²) in [7, 11) is 3.19. The highest BCUT2D eigenvalue weighted by Crippen LogP contribution is 2.34. The van der Waals surface area contributed by atoms with E-state index in [9.17, 15) is 4.79 Å². The van der Waals surface area contributed by atoms with Crippen LogP contribution in [0.5, 0.6) is 11.5 Å². The number of para-hydroxylation sites is 1. The van der Waals surface area contributed by atoms with E-state index in [1.165, 1.54) is 11.1 Å². The van der Waals surface area contributed by atoms with Gasteiger partial charge >= 0.3 is 0 Å². The zero-order valence-electron chi connectivity index (χ0n) is 20.7. The third kappa shape index (κ3) is 4.79. The fourth-order valence-electron chi connectivity index (χ4n) is 5.07. The molecule has 0 N–H and O–H groups in total. The molecule has 3 aromatic carbocycles. The SMILES string of the molecule is COc1cccc(C2=NO[C@@H](C(=O)N3CCN(C(c4ccccc4)c4ccccc4)CC3)C2)c1OC. The predicted octanol–water partition coefficient (Wildman–Crippen LogP) is 4.13. The van der Waals surface area contributed by atoms with Crippen LogP contribution in [-0.2, 0) is 9.63 Å². The Morgan fingerprint density at radius 3 is 2.08 bits per heavy atom. The number of benzene rings is 3. The highest BCUT2D eigenvalue weighted by molar-refractivity contribution is 6.06. The molecule has 0 spiro atoms. The minimum absolute atomic E-state index is 0.0220. The second-order valence-electron chi connectivity index (χ2n) is 8.96. The van der Waals surface area contributed by atoms with Gasteiger partial charge < -0.3 is 19.2 Å². The number of carbonyl (C=O) groups excluding carboxylic acids is 1. The molecule has 1 atom stereocenters. The van der Waals surface area contributed by atoms with Crippen LogP contribution in [0.4, 0.5) is 0 Å². The van der Waals surface area contributed by atoms with Gasteiger partial charge in [0.15, 0.2) is 11.5 Å². The normalized spacial score (nSPS) is 18.0. The summed E-state index contributed by atoms with van der Waals surface area (Å²) in [5.74, 6) is 1.19. The van der Waals surface area contributed by atoms with E-state index < -0.39 is 6.10 Å². The molecule has 0 aliphatic carbocycles. The predicted molar refractivity (Wildman–Crippen MR) is 138 cm³/mol. The highest BCUT2D eigenvalue weighted by atomic mass is 16.6. The van der Waals surface area contributed by atoms with Gasteiger partial charge in [-0.3, -0.25) is 9.69 Å². The smallest absolute Gasteiger partial charge is 0.266 e. The van der Waals surface area contributed by atoms with Crippen LogP contribution in [0, 0.1) is 0 Å². The first kappa shape index (κ1) is 23.9. The van der Waals surface area contributed by atoms with Gasteiger partial charge in [-0.1, -0.05) is 71.9 Å². The van der Waals surface area contributed by atoms with Crippen LogP contribution in [0.25, 0.3) is 0 Å². The number of ether oxygens (including phenoxy) is 2. The number of nitrogens with zero attached hydrogens (tertiary/aromatic N) is 3. The van der Waals surface area contributed by atoms with Crippen molar-refractivity contribution in [1.29, 1.82) is 0 Å². The van der Waals surface area contributed by atoms with Crippen molar-refractivity contribution < 1.29 is 19.1 Å². The Balaban J connectivity index is 1.24. The Morgan fingerprint density at radius 1 is 0.861 bits per heavy atom. The molecule has 7 nitrogen and oxygen atoms in total. The number of oxime groups is 1. The highest BCUT2D eigenvalue weighted by Gasteiger charge is 2.36. The van der Waals surface area contributed by atoms with Crippen molar-refractivity contribution in [2.24, 2.45) is 5.16 Å². The lowest BCUT2D eigenvalue weighted by Gasteiger charge is -2.40. The van der Waals surface area contributed by atoms with Gasteiger partial charge in [0.25, 0.3) is 5.91 Å². The summed E-state index contributed by atoms with van der Waals surface area (Å²) in [6.07, 6.45) is -0.222. The van der Waals surface area contributed by atoms with Crippen LogP contribution in [0.3, 0.4) is 0 Å². The minimum atomic E-state index is -0.624. The van der Waals surface area contributed by atoms with Gasteiger partial charge in [0.1, 0.15) is 0 Å². The Hall–Kier alpha value is -3.84. The first-order valence-electron chi connectivity index (χ1n) is 12.3. The molecule has 5 rings (SSSR count). The average molecular weight is 486 g/mol. The quantitative estimate of drug-likeness (QED) is 0.504. The van der Waals surface area contributed by atoms with E-state index in [1.807, 2.05) is 35.2 Å². The topological polar surface area (TPSA) is 63.6 Å². The zero-order valence-corrected chi connectivity index (χ0v) is 20.7. The minimum Gasteiger partial charge on any atom is -0.493 e. The van der Waals surface area contributed by atoms with E-state index in [0.29, 0.717) is 36.7 Å². The van der Waals surface area contributed by atoms with Crippen molar-refractivity contribution in [1.82, 2.24) is 9.80 Å². The molecule has 2 heterocycles. The van der Waals surface area contributed by atoms with Crippen LogP contribution in [-0.4, -0.2) is 67.9 Å². The lowest BCUT2D eigenvalue weighted by atomic mass is 9.96. The van der Waals surface area contributed by atoms with Crippen molar-refractivity contribution in [2.45, 2.75) is 18.6 Å². The largest absolute Gasteiger partial charge is 0.493 e. The molecule has 2 aliphatic heterocycles. The zero-order chi connectivity index (χ0) is 24.9. The van der Waals surface area contributed by atoms with Gasteiger partial charge in [-0.25, -0.2) is 0 Å². The molecule has 0 saturated carbocycles. The second kappa shape index (κ2) is 10.8. The molecular formula is C29H31N3O4. The molecule has 3 aromatic rings. The number of rotatable bonds is 7. The third-order valence-electron chi connectivity index (χ3n) is 6.88. The third-order valence-corrected chi connectivity index (χ3v) is 6.88. The maximum atomic E-state index is 13.3. The molecule has 0 radical (unpaired) electrons. The van der Waals surface area contributed by atoms with Crippen LogP contribution >= 0.6 is 0 Å². The van der Waals surface area contributed by atoms with E-state index in [0.717, 1.165) is 18.7 Å². The summed E-state index contributed by atoms with van der Waals surface area (Å²) in [6, 6.07) is 26.9. The summed E-state index contributed by atoms with van der Waals surface area (Å²) in [4.78, 5) is 23.3. The molecule has 186 valence electrons. The molecule has 7 heteroatoms. The summed E-state index contributed by atoms with van der Waals surface area (Å²) in [5, 5.41) is 4.23. The maximum absolute atomic E-state index is 13.3. The van der Waals surface area contributed by atoms with Crippen molar-refractivity contribution in [3.63, 3.8) is 0 Å². The summed E-state index contributed by atoms with van der Waals surface area (Å²) < 4.78 is 10.9. The Kier molecular flexibility index (Phi) is 7.18. The molecule has 0 unspecified atom stereocenters. The van der Waals surface area contributed by atoms with Gasteiger partial charge in [-0.15, -0.1) is 0 Å². The molecule has 0 aromatic heterocycles. The van der Waals surface area contributed by atoms with Crippen LogP contribution in [0.1, 0.15) is 29.2 Å². The first-order valence-corrected chi connectivity index (χ1v) is 12.3. The molecule has 2 aliphatic rings. The lowest BCUT2D eigenvalue weighted by Crippen LogP contribution is -2.52. The fourth-order valence-corrected chi connectivity index (χ4v) is 5.07. The maximum Gasteiger partial charge on any atom is 0.266 e. The molecular weight excluding hydrogens is 454 g/mol. The van der Waals surface area contributed by atoms with Crippen molar-refractivity contribution >= 4 is 11.6 Å². The molecule has 1 amide bonds. The number of hydrogen-bond acceptors (Lipinski definition) is 6. The Morgan fingerprint density at radius 2 is 1.50 bits per heavy atom. The van der Waals surface area contributed by atoms with E-state index in [1.54, 1.807) is 14.2 Å². The summed E-state index contributed by atoms with van der Waals surface area (Å²) >= 11 is 0. The van der Waals surface area contributed by atoms with Crippen LogP contribution in [0.15, 0.2) is 84.0 Å². The molecule has 0 bridgehead atoms. The first-order chi connectivity index (χ1) is 17.7. The van der Waals surface area contributed by atoms with E-state index in [-0.39, 0.29) is 11.9 Å². The van der Waals surface area contributed by atoms with Gasteiger partial charge in [0.2, 0.25) is 6.10 Å². The standard InChI is InChI=1S/C29H31N3O4/c1-34-25-15-9-14-23(28(25)35-2)24-20-26(36-30-24)29(33)32-18-16-31(17-19-32)27(21-10-5-3-6-11-21)22-12-7-4-8-13-22/h3-15,26-27H,16-20H2,1-2H3/t26-/m1/s1. The fraction of sp³-hybridized carbons (Fsp3) is 0.310. The number of methoxy groups -OCH3 is 2. The number of carbonyl (C=O) groups is 1. The molecule has 36 heavy (non-hydrogen) atoms. The van der Waals surface area contributed by atoms with Gasteiger partial charge in [0.05, 0.1) is 26.0 Å². The summed E-state index contributed by atoms with van der Waals surface area (Å²) in [6.45, 7) is 2.86. The molecule has 1 saturated heterocycles. The van der Waals surface area contributed by atoms with Gasteiger partial charge in [0, 0.05) is 38.2 Å². The van der Waals surface area contributed by atoms with Crippen molar-refractivity contribution in [3.05, 3.63) is 95.6 Å². The Labute approximate surface area is 211 Å². The van der Waals surface area contributed by atoms with Gasteiger partial charge in [-0.05, 0) is 23.3 Å².